The van der Waals surface area contributed by atoms with Crippen LogP contribution in [0.2, 0.25) is 0 Å². The number of aromatic nitrogens is 2. The summed E-state index contributed by atoms with van der Waals surface area (Å²) in [7, 11) is 3.22. The highest BCUT2D eigenvalue weighted by Crippen LogP contribution is 2.38. The average Bonchev–Trinajstić information content (AvgIpc) is 3.43. The minimum absolute atomic E-state index is 0.166. The summed E-state index contributed by atoms with van der Waals surface area (Å²) in [5.41, 5.74) is 7.03. The Morgan fingerprint density at radius 2 is 1.80 bits per heavy atom. The lowest BCUT2D eigenvalue weighted by molar-refractivity contribution is 0.144. The van der Waals surface area contributed by atoms with Crippen LogP contribution >= 0.6 is 11.8 Å². The largest absolute Gasteiger partial charge is 0.493 e. The summed E-state index contributed by atoms with van der Waals surface area (Å²) in [6, 6.07) is 18.9. The van der Waals surface area contributed by atoms with Crippen LogP contribution in [0, 0.1) is 12.3 Å². The topological polar surface area (TPSA) is 107 Å². The van der Waals surface area contributed by atoms with Crippen molar-refractivity contribution in [3.05, 3.63) is 84.8 Å². The lowest BCUT2D eigenvalue weighted by atomic mass is 9.90. The third-order valence-electron chi connectivity index (χ3n) is 6.88. The van der Waals surface area contributed by atoms with E-state index in [0.717, 1.165) is 37.8 Å². The maximum Gasteiger partial charge on any atom is 0.366 e. The van der Waals surface area contributed by atoms with E-state index in [1.54, 1.807) is 14.2 Å². The number of aryl methyl sites for hydroxylation is 1. The molecule has 44 heavy (non-hydrogen) atoms. The van der Waals surface area contributed by atoms with Gasteiger partial charge < -0.3 is 19.5 Å². The Bertz CT molecular complexity index is 1740. The third kappa shape index (κ3) is 7.02. The predicted molar refractivity (Wildman–Crippen MR) is 175 cm³/mol. The molecule has 0 saturated heterocycles. The number of anilines is 1. The van der Waals surface area contributed by atoms with Crippen molar-refractivity contribution >= 4 is 45.8 Å². The monoisotopic (exact) mass is 613 g/mol. The number of hydrogen-bond acceptors (Lipinski definition) is 8. The molecule has 1 aliphatic heterocycles. The standard InChI is InChI=1S/C33H36N6O4S/c1-22-9-7-11-24(17-22)39(14-13-30(37-39)33(2,3)4)38-32(40)36-23-10-8-12-25(18-23)44-31-26-19-28(42-6)29(43-16-15-41-5)20-27(26)34-21-35-31/h7-14,17-21H,15-16H2,1-6H3,(H-,36,38,40)/p+1. The van der Waals surface area contributed by atoms with Crippen LogP contribution in [0.4, 0.5) is 16.2 Å². The van der Waals surface area contributed by atoms with Gasteiger partial charge in [-0.1, -0.05) is 50.7 Å². The van der Waals surface area contributed by atoms with Gasteiger partial charge in [0.2, 0.25) is 0 Å². The number of hydrogen-bond donors (Lipinski definition) is 2. The molecule has 0 aliphatic carbocycles. The number of allylic oxidation sites excluding steroid dienone is 1. The second kappa shape index (κ2) is 13.0. The van der Waals surface area contributed by atoms with E-state index < -0.39 is 6.03 Å². The van der Waals surface area contributed by atoms with Crippen LogP contribution < -0.4 is 24.9 Å². The first-order chi connectivity index (χ1) is 21.1. The van der Waals surface area contributed by atoms with Gasteiger partial charge in [-0.25, -0.2) is 14.8 Å². The number of rotatable bonds is 10. The molecule has 1 atom stereocenters. The molecule has 0 saturated carbocycles. The number of methoxy groups -OCH3 is 2. The van der Waals surface area contributed by atoms with E-state index in [1.807, 2.05) is 79.9 Å². The number of urea groups is 1. The molecule has 0 fully saturated rings. The number of ether oxygens (including phenoxy) is 3. The SMILES string of the molecule is COCCOc1cc2ncnc(Sc3cccc(NC(=O)N[N+]4(c5cccc(C)c5)C=CC(C(C)(C)C)=N4)c3)c2cc1OC. The van der Waals surface area contributed by atoms with Gasteiger partial charge in [-0.05, 0) is 46.6 Å². The molecule has 4 aromatic rings. The Balaban J connectivity index is 1.36. The Hall–Kier alpha value is -4.45. The third-order valence-corrected chi connectivity index (χ3v) is 7.89. The van der Waals surface area contributed by atoms with E-state index in [1.165, 1.54) is 18.1 Å². The molecule has 2 heterocycles. The number of carbonyl (C=O) groups is 1. The summed E-state index contributed by atoms with van der Waals surface area (Å²) in [5.74, 6) is 1.16. The van der Waals surface area contributed by atoms with E-state index in [0.29, 0.717) is 30.4 Å². The van der Waals surface area contributed by atoms with Gasteiger partial charge in [0, 0.05) is 52.8 Å². The summed E-state index contributed by atoms with van der Waals surface area (Å²) >= 11 is 1.46. The lowest BCUT2D eigenvalue weighted by Crippen LogP contribution is -2.54. The Morgan fingerprint density at radius 1 is 0.977 bits per heavy atom. The van der Waals surface area contributed by atoms with Crippen LogP contribution in [0.25, 0.3) is 10.9 Å². The highest BCUT2D eigenvalue weighted by molar-refractivity contribution is 7.99. The number of benzene rings is 3. The zero-order valence-electron chi connectivity index (χ0n) is 25.7. The summed E-state index contributed by atoms with van der Waals surface area (Å²) in [5, 5.41) is 9.50. The molecule has 0 radical (unpaired) electrons. The first kappa shape index (κ1) is 31.0. The smallest absolute Gasteiger partial charge is 0.366 e. The molecule has 5 rings (SSSR count). The summed E-state index contributed by atoms with van der Waals surface area (Å²) < 4.78 is 16.3. The molecule has 11 heteroatoms. The van der Waals surface area contributed by atoms with E-state index in [4.69, 9.17) is 19.3 Å². The van der Waals surface area contributed by atoms with Crippen molar-refractivity contribution < 1.29 is 19.0 Å². The average molecular weight is 614 g/mol. The Kier molecular flexibility index (Phi) is 9.19. The first-order valence-corrected chi connectivity index (χ1v) is 15.0. The fourth-order valence-corrected chi connectivity index (χ4v) is 5.55. The zero-order valence-corrected chi connectivity index (χ0v) is 26.6. The summed E-state index contributed by atoms with van der Waals surface area (Å²) in [6.45, 7) is 9.17. The molecular formula is C33H37N6O4S+. The van der Waals surface area contributed by atoms with E-state index in [-0.39, 0.29) is 10.1 Å². The van der Waals surface area contributed by atoms with Crippen molar-refractivity contribution in [3.63, 3.8) is 0 Å². The minimum Gasteiger partial charge on any atom is -0.493 e. The molecule has 3 aromatic carbocycles. The second-order valence-electron chi connectivity index (χ2n) is 11.3. The molecule has 2 amide bonds. The van der Waals surface area contributed by atoms with Gasteiger partial charge in [-0.2, -0.15) is 0 Å². The van der Waals surface area contributed by atoms with Crippen molar-refractivity contribution in [2.24, 2.45) is 10.5 Å². The van der Waals surface area contributed by atoms with Gasteiger partial charge >= 0.3 is 6.03 Å². The van der Waals surface area contributed by atoms with Gasteiger partial charge in [-0.3, -0.25) is 0 Å². The molecule has 1 unspecified atom stereocenters. The number of quaternary nitrogens is 1. The number of nitrogens with one attached hydrogen (secondary N) is 2. The van der Waals surface area contributed by atoms with Crippen LogP contribution in [0.15, 0.2) is 94.3 Å². The van der Waals surface area contributed by atoms with E-state index in [9.17, 15) is 4.79 Å². The number of nitrogens with zero attached hydrogens (tertiary/aromatic N) is 4. The van der Waals surface area contributed by atoms with Gasteiger partial charge in [-0.15, -0.1) is 5.43 Å². The van der Waals surface area contributed by atoms with Crippen molar-refractivity contribution in [2.45, 2.75) is 37.6 Å². The Morgan fingerprint density at radius 3 is 2.52 bits per heavy atom. The van der Waals surface area contributed by atoms with Crippen LogP contribution in [0.5, 0.6) is 11.5 Å². The van der Waals surface area contributed by atoms with Crippen LogP contribution in [0.1, 0.15) is 26.3 Å². The summed E-state index contributed by atoms with van der Waals surface area (Å²) in [4.78, 5) is 23.3. The molecule has 1 aliphatic rings. The minimum atomic E-state index is -0.393. The maximum atomic E-state index is 13.4. The van der Waals surface area contributed by atoms with Gasteiger partial charge in [0.05, 0.1) is 19.2 Å². The number of fused-ring (bicyclic) bond motifs is 1. The number of carbonyl (C=O) groups excluding carboxylic acids is 1. The molecule has 10 nitrogen and oxygen atoms in total. The molecule has 0 spiro atoms. The van der Waals surface area contributed by atoms with Crippen LogP contribution in [0.3, 0.4) is 0 Å². The van der Waals surface area contributed by atoms with Gasteiger partial charge in [0.25, 0.3) is 0 Å². The predicted octanol–water partition coefficient (Wildman–Crippen LogP) is 7.10. The molecule has 228 valence electrons. The van der Waals surface area contributed by atoms with Crippen molar-refractivity contribution in [1.82, 2.24) is 20.1 Å². The highest BCUT2D eigenvalue weighted by Gasteiger charge is 2.39. The number of amides is 2. The fraction of sp³-hybridized carbons (Fsp3) is 0.273. The Labute approximate surface area is 261 Å². The van der Waals surface area contributed by atoms with Crippen molar-refractivity contribution in [1.29, 1.82) is 0 Å². The van der Waals surface area contributed by atoms with E-state index in [2.05, 4.69) is 41.5 Å². The quantitative estimate of drug-likeness (QED) is 0.112. The molecule has 0 bridgehead atoms. The highest BCUT2D eigenvalue weighted by atomic mass is 32.2. The first-order valence-electron chi connectivity index (χ1n) is 14.2. The van der Waals surface area contributed by atoms with Crippen molar-refractivity contribution in [2.75, 3.05) is 32.8 Å². The lowest BCUT2D eigenvalue weighted by Gasteiger charge is -2.26. The maximum absolute atomic E-state index is 13.4. The molecular weight excluding hydrogens is 576 g/mol. The van der Waals surface area contributed by atoms with Gasteiger partial charge in [0.15, 0.2) is 23.4 Å². The van der Waals surface area contributed by atoms with Crippen LogP contribution in [-0.4, -0.2) is 49.1 Å². The van der Waals surface area contributed by atoms with E-state index >= 15 is 0 Å². The zero-order chi connectivity index (χ0) is 31.3. The van der Waals surface area contributed by atoms with Gasteiger partial charge in [0.1, 0.15) is 23.7 Å². The molecule has 2 N–H and O–H groups in total. The normalized spacial score (nSPS) is 16.1. The van der Waals surface area contributed by atoms with Crippen LogP contribution in [-0.2, 0) is 4.74 Å². The second-order valence-corrected chi connectivity index (χ2v) is 12.4. The fourth-order valence-electron chi connectivity index (χ4n) is 4.62. The van der Waals surface area contributed by atoms with Crippen molar-refractivity contribution in [3.8, 4) is 11.5 Å². The summed E-state index contributed by atoms with van der Waals surface area (Å²) in [6.07, 6.45) is 5.38. The molecule has 1 aromatic heterocycles.